The van der Waals surface area contributed by atoms with Gasteiger partial charge >= 0.3 is 5.97 Å². The highest BCUT2D eigenvalue weighted by Gasteiger charge is 2.36. The molecule has 1 saturated carbocycles. The third kappa shape index (κ3) is 5.24. The standard InChI is InChI=1S/C21H28N2O5/c24-19(11-14-28-16-5-2-1-3-6-16)23-12-9-15(10-13-23)20(25)22-18-8-4-7-17(18)21(26)27/h1-3,5-6,15,17-18H,4,7-14H2,(H,22,25)(H,26,27)/t17-,18+/m1/s1. The normalized spacial score (nSPS) is 22.6. The molecule has 2 aliphatic rings. The maximum Gasteiger partial charge on any atom is 0.308 e. The van der Waals surface area contributed by atoms with Crippen LogP contribution in [0.15, 0.2) is 30.3 Å². The van der Waals surface area contributed by atoms with Crippen LogP contribution in [0.4, 0.5) is 0 Å². The minimum atomic E-state index is -0.832. The highest BCUT2D eigenvalue weighted by molar-refractivity contribution is 5.81. The minimum Gasteiger partial charge on any atom is -0.493 e. The van der Waals surface area contributed by atoms with Gasteiger partial charge in [-0.3, -0.25) is 14.4 Å². The number of carbonyl (C=O) groups excluding carboxylic acids is 2. The van der Waals surface area contributed by atoms with E-state index in [0.717, 1.165) is 18.6 Å². The summed E-state index contributed by atoms with van der Waals surface area (Å²) in [6, 6.07) is 9.13. The summed E-state index contributed by atoms with van der Waals surface area (Å²) >= 11 is 0. The Labute approximate surface area is 165 Å². The van der Waals surface area contributed by atoms with Gasteiger partial charge in [-0.25, -0.2) is 0 Å². The Hall–Kier alpha value is -2.57. The number of aliphatic carboxylic acids is 1. The van der Waals surface area contributed by atoms with Crippen molar-refractivity contribution < 1.29 is 24.2 Å². The minimum absolute atomic E-state index is 0.0384. The van der Waals surface area contributed by atoms with Crippen molar-refractivity contribution in [2.24, 2.45) is 11.8 Å². The van der Waals surface area contributed by atoms with E-state index in [9.17, 15) is 19.5 Å². The lowest BCUT2D eigenvalue weighted by Crippen LogP contribution is -2.47. The van der Waals surface area contributed by atoms with Crippen molar-refractivity contribution >= 4 is 17.8 Å². The van der Waals surface area contributed by atoms with E-state index >= 15 is 0 Å². The lowest BCUT2D eigenvalue weighted by atomic mass is 9.94. The highest BCUT2D eigenvalue weighted by atomic mass is 16.5. The lowest BCUT2D eigenvalue weighted by Gasteiger charge is -2.32. The zero-order chi connectivity index (χ0) is 19.9. The molecule has 0 radical (unpaired) electrons. The topological polar surface area (TPSA) is 95.9 Å². The largest absolute Gasteiger partial charge is 0.493 e. The van der Waals surface area contributed by atoms with Crippen LogP contribution in [0, 0.1) is 11.8 Å². The van der Waals surface area contributed by atoms with Gasteiger partial charge < -0.3 is 20.1 Å². The molecule has 0 aromatic heterocycles. The molecular formula is C21H28N2O5. The number of carbonyl (C=O) groups is 3. The molecule has 2 atom stereocenters. The number of rotatable bonds is 7. The van der Waals surface area contributed by atoms with E-state index in [1.165, 1.54) is 0 Å². The molecule has 1 saturated heterocycles. The fraction of sp³-hybridized carbons (Fsp3) is 0.571. The summed E-state index contributed by atoms with van der Waals surface area (Å²) < 4.78 is 5.57. The van der Waals surface area contributed by atoms with E-state index in [0.29, 0.717) is 45.4 Å². The maximum absolute atomic E-state index is 12.5. The van der Waals surface area contributed by atoms with Crippen LogP contribution in [-0.4, -0.2) is 53.5 Å². The molecule has 2 N–H and O–H groups in total. The van der Waals surface area contributed by atoms with Crippen LogP contribution in [0.1, 0.15) is 38.5 Å². The van der Waals surface area contributed by atoms with E-state index < -0.39 is 11.9 Å². The van der Waals surface area contributed by atoms with Crippen LogP contribution in [-0.2, 0) is 14.4 Å². The molecule has 7 nitrogen and oxygen atoms in total. The monoisotopic (exact) mass is 388 g/mol. The van der Waals surface area contributed by atoms with Crippen molar-refractivity contribution in [1.29, 1.82) is 0 Å². The summed E-state index contributed by atoms with van der Waals surface area (Å²) in [6.07, 6.45) is 3.72. The van der Waals surface area contributed by atoms with Crippen molar-refractivity contribution in [2.75, 3.05) is 19.7 Å². The van der Waals surface area contributed by atoms with E-state index in [2.05, 4.69) is 5.32 Å². The Morgan fingerprint density at radius 2 is 1.79 bits per heavy atom. The third-order valence-electron chi connectivity index (χ3n) is 5.71. The molecule has 0 spiro atoms. The number of amides is 2. The summed E-state index contributed by atoms with van der Waals surface area (Å²) in [5.74, 6) is -0.748. The molecule has 0 bridgehead atoms. The molecular weight excluding hydrogens is 360 g/mol. The van der Waals surface area contributed by atoms with Crippen LogP contribution >= 0.6 is 0 Å². The number of piperidine rings is 1. The predicted octanol–water partition coefficient (Wildman–Crippen LogP) is 2.06. The number of likely N-dealkylation sites (tertiary alicyclic amines) is 1. The van der Waals surface area contributed by atoms with Crippen molar-refractivity contribution in [3.05, 3.63) is 30.3 Å². The summed E-state index contributed by atoms with van der Waals surface area (Å²) in [5.41, 5.74) is 0. The molecule has 28 heavy (non-hydrogen) atoms. The predicted molar refractivity (Wildman–Crippen MR) is 103 cm³/mol. The number of hydrogen-bond acceptors (Lipinski definition) is 4. The van der Waals surface area contributed by atoms with Crippen LogP contribution in [0.5, 0.6) is 5.75 Å². The molecule has 1 heterocycles. The van der Waals surface area contributed by atoms with Gasteiger partial charge in [0.2, 0.25) is 11.8 Å². The SMILES string of the molecule is O=C(N[C@H]1CCC[C@H]1C(=O)O)C1CCN(C(=O)CCOc2ccccc2)CC1. The lowest BCUT2D eigenvalue weighted by molar-refractivity contribution is -0.143. The van der Waals surface area contributed by atoms with Crippen LogP contribution in [0.25, 0.3) is 0 Å². The second-order valence-electron chi connectivity index (χ2n) is 7.56. The maximum atomic E-state index is 12.5. The van der Waals surface area contributed by atoms with Crippen molar-refractivity contribution in [3.8, 4) is 5.75 Å². The van der Waals surface area contributed by atoms with E-state index in [4.69, 9.17) is 4.74 Å². The second kappa shape index (κ2) is 9.57. The number of ether oxygens (including phenoxy) is 1. The van der Waals surface area contributed by atoms with Gasteiger partial charge in [-0.1, -0.05) is 24.6 Å². The molecule has 7 heteroatoms. The number of carboxylic acids is 1. The first-order valence-corrected chi connectivity index (χ1v) is 10.0. The number of nitrogens with zero attached hydrogens (tertiary/aromatic N) is 1. The van der Waals surface area contributed by atoms with Crippen molar-refractivity contribution in [1.82, 2.24) is 10.2 Å². The molecule has 1 aliphatic heterocycles. The Morgan fingerprint density at radius 3 is 2.46 bits per heavy atom. The fourth-order valence-electron chi connectivity index (χ4n) is 4.05. The van der Waals surface area contributed by atoms with Gasteiger partial charge in [-0.05, 0) is 37.8 Å². The van der Waals surface area contributed by atoms with Gasteiger partial charge in [0.25, 0.3) is 0 Å². The van der Waals surface area contributed by atoms with Crippen LogP contribution in [0.2, 0.25) is 0 Å². The number of nitrogens with one attached hydrogen (secondary N) is 1. The second-order valence-corrected chi connectivity index (χ2v) is 7.56. The number of hydrogen-bond donors (Lipinski definition) is 2. The smallest absolute Gasteiger partial charge is 0.308 e. The van der Waals surface area contributed by atoms with Gasteiger partial charge in [-0.2, -0.15) is 0 Å². The zero-order valence-corrected chi connectivity index (χ0v) is 16.0. The Balaban J connectivity index is 1.38. The van der Waals surface area contributed by atoms with Gasteiger partial charge in [-0.15, -0.1) is 0 Å². The molecule has 152 valence electrons. The summed E-state index contributed by atoms with van der Waals surface area (Å²) in [7, 11) is 0. The average Bonchev–Trinajstić information content (AvgIpc) is 3.17. The van der Waals surface area contributed by atoms with E-state index in [1.807, 2.05) is 30.3 Å². The Kier molecular flexibility index (Phi) is 6.90. The molecule has 2 fully saturated rings. The molecule has 1 aromatic rings. The first-order chi connectivity index (χ1) is 13.5. The van der Waals surface area contributed by atoms with Gasteiger partial charge in [0.05, 0.1) is 18.9 Å². The first kappa shape index (κ1) is 20.2. The first-order valence-electron chi connectivity index (χ1n) is 10.0. The third-order valence-corrected chi connectivity index (χ3v) is 5.71. The zero-order valence-electron chi connectivity index (χ0n) is 16.0. The van der Waals surface area contributed by atoms with Crippen molar-refractivity contribution in [2.45, 2.75) is 44.6 Å². The van der Waals surface area contributed by atoms with Gasteiger partial charge in [0.1, 0.15) is 5.75 Å². The number of para-hydroxylation sites is 1. The highest BCUT2D eigenvalue weighted by Crippen LogP contribution is 2.27. The quantitative estimate of drug-likeness (QED) is 0.745. The average molecular weight is 388 g/mol. The molecule has 3 rings (SSSR count). The van der Waals surface area contributed by atoms with E-state index in [-0.39, 0.29) is 23.8 Å². The Bertz CT molecular complexity index is 685. The molecule has 2 amide bonds. The summed E-state index contributed by atoms with van der Waals surface area (Å²) in [5, 5.41) is 12.2. The molecule has 0 unspecified atom stereocenters. The number of carboxylic acid groups (broad SMARTS) is 1. The summed E-state index contributed by atoms with van der Waals surface area (Å²) in [6.45, 7) is 1.44. The van der Waals surface area contributed by atoms with Gasteiger partial charge in [0, 0.05) is 25.0 Å². The van der Waals surface area contributed by atoms with Crippen LogP contribution in [0.3, 0.4) is 0 Å². The molecule has 1 aliphatic carbocycles. The fourth-order valence-corrected chi connectivity index (χ4v) is 4.05. The molecule has 1 aromatic carbocycles. The summed E-state index contributed by atoms with van der Waals surface area (Å²) in [4.78, 5) is 37.9. The van der Waals surface area contributed by atoms with E-state index in [1.54, 1.807) is 4.90 Å². The number of benzene rings is 1. The Morgan fingerprint density at radius 1 is 1.07 bits per heavy atom. The van der Waals surface area contributed by atoms with Gasteiger partial charge in [0.15, 0.2) is 0 Å². The van der Waals surface area contributed by atoms with Crippen molar-refractivity contribution in [3.63, 3.8) is 0 Å². The van der Waals surface area contributed by atoms with Crippen LogP contribution < -0.4 is 10.1 Å².